The van der Waals surface area contributed by atoms with Gasteiger partial charge in [-0.05, 0) is 36.6 Å². The van der Waals surface area contributed by atoms with Gasteiger partial charge < -0.3 is 4.42 Å². The Hall–Kier alpha value is -2.35. The van der Waals surface area contributed by atoms with Gasteiger partial charge in [0.1, 0.15) is 5.76 Å². The first-order chi connectivity index (χ1) is 9.78. The molecule has 0 amide bonds. The normalized spacial score (nSPS) is 10.7. The number of rotatable bonds is 3. The molecule has 0 aliphatic carbocycles. The van der Waals surface area contributed by atoms with Gasteiger partial charge in [-0.2, -0.15) is 0 Å². The smallest absolute Gasteiger partial charge is 0.226 e. The minimum Gasteiger partial charge on any atom is -0.441 e. The number of hydrogen-bond donors (Lipinski definition) is 0. The number of nitrogens with zero attached hydrogens (tertiary/aromatic N) is 1. The van der Waals surface area contributed by atoms with E-state index in [1.54, 1.807) is 0 Å². The van der Waals surface area contributed by atoms with E-state index >= 15 is 0 Å². The molecule has 0 saturated carbocycles. The zero-order chi connectivity index (χ0) is 13.9. The maximum absolute atomic E-state index is 5.73. The Balaban J connectivity index is 1.93. The topological polar surface area (TPSA) is 26.0 Å². The molecule has 0 spiro atoms. The third-order valence-electron chi connectivity index (χ3n) is 3.47. The summed E-state index contributed by atoms with van der Waals surface area (Å²) in [6.45, 7) is 4.06. The number of benzene rings is 2. The van der Waals surface area contributed by atoms with Crippen molar-refractivity contribution in [3.63, 3.8) is 0 Å². The highest BCUT2D eigenvalue weighted by Gasteiger charge is 2.09. The van der Waals surface area contributed by atoms with Crippen molar-refractivity contribution in [3.8, 4) is 22.6 Å². The average Bonchev–Trinajstić information content (AvgIpc) is 2.89. The molecule has 2 nitrogen and oxygen atoms in total. The minimum atomic E-state index is 0.707. The summed E-state index contributed by atoms with van der Waals surface area (Å²) in [5, 5.41) is 0. The molecular formula is C18H17NO. The molecule has 0 fully saturated rings. The number of aryl methyl sites for hydroxylation is 2. The Morgan fingerprint density at radius 3 is 2.05 bits per heavy atom. The predicted octanol–water partition coefficient (Wildman–Crippen LogP) is 4.88. The molecular weight excluding hydrogens is 246 g/mol. The summed E-state index contributed by atoms with van der Waals surface area (Å²) in [4.78, 5) is 4.53. The standard InChI is InChI=1S/C18H17NO/c1-3-17-13(2)20-18(19-17)16-11-9-15(10-12-16)14-7-5-4-6-8-14/h4-12H,3H2,1-2H3. The van der Waals surface area contributed by atoms with E-state index in [2.05, 4.69) is 48.3 Å². The summed E-state index contributed by atoms with van der Waals surface area (Å²) >= 11 is 0. The van der Waals surface area contributed by atoms with E-state index in [1.165, 1.54) is 11.1 Å². The molecule has 100 valence electrons. The molecule has 0 saturated heterocycles. The SMILES string of the molecule is CCc1nc(-c2ccc(-c3ccccc3)cc2)oc1C. The van der Waals surface area contributed by atoms with Crippen LogP contribution >= 0.6 is 0 Å². The predicted molar refractivity (Wildman–Crippen MR) is 81.5 cm³/mol. The van der Waals surface area contributed by atoms with Gasteiger partial charge in [-0.15, -0.1) is 0 Å². The summed E-state index contributed by atoms with van der Waals surface area (Å²) in [6, 6.07) is 18.7. The molecule has 1 aromatic heterocycles. The van der Waals surface area contributed by atoms with Gasteiger partial charge in [-0.1, -0.05) is 49.4 Å². The van der Waals surface area contributed by atoms with Crippen molar-refractivity contribution < 1.29 is 4.42 Å². The van der Waals surface area contributed by atoms with Gasteiger partial charge in [0.15, 0.2) is 0 Å². The first kappa shape index (κ1) is 12.7. The van der Waals surface area contributed by atoms with Crippen LogP contribution in [0.4, 0.5) is 0 Å². The van der Waals surface area contributed by atoms with Crippen molar-refractivity contribution in [2.24, 2.45) is 0 Å². The molecule has 0 unspecified atom stereocenters. The molecule has 0 aliphatic heterocycles. The molecule has 0 radical (unpaired) electrons. The zero-order valence-electron chi connectivity index (χ0n) is 11.8. The van der Waals surface area contributed by atoms with Crippen LogP contribution in [0.3, 0.4) is 0 Å². The molecule has 3 aromatic rings. The van der Waals surface area contributed by atoms with Crippen molar-refractivity contribution in [2.75, 3.05) is 0 Å². The van der Waals surface area contributed by atoms with Crippen molar-refractivity contribution in [1.29, 1.82) is 0 Å². The lowest BCUT2D eigenvalue weighted by Crippen LogP contribution is -1.83. The van der Waals surface area contributed by atoms with Crippen LogP contribution in [0.15, 0.2) is 59.0 Å². The van der Waals surface area contributed by atoms with Crippen LogP contribution in [0.5, 0.6) is 0 Å². The molecule has 0 bridgehead atoms. The average molecular weight is 263 g/mol. The Kier molecular flexibility index (Phi) is 3.38. The minimum absolute atomic E-state index is 0.707. The Morgan fingerprint density at radius 1 is 0.850 bits per heavy atom. The van der Waals surface area contributed by atoms with E-state index in [0.717, 1.165) is 23.4 Å². The van der Waals surface area contributed by atoms with Gasteiger partial charge in [-0.25, -0.2) is 4.98 Å². The fourth-order valence-electron chi connectivity index (χ4n) is 2.32. The lowest BCUT2D eigenvalue weighted by atomic mass is 10.0. The number of hydrogen-bond acceptors (Lipinski definition) is 2. The monoisotopic (exact) mass is 263 g/mol. The zero-order valence-corrected chi connectivity index (χ0v) is 11.8. The van der Waals surface area contributed by atoms with E-state index in [9.17, 15) is 0 Å². The summed E-state index contributed by atoms with van der Waals surface area (Å²) < 4.78 is 5.73. The Morgan fingerprint density at radius 2 is 1.45 bits per heavy atom. The molecule has 20 heavy (non-hydrogen) atoms. The third kappa shape index (κ3) is 2.37. The van der Waals surface area contributed by atoms with E-state index < -0.39 is 0 Å². The van der Waals surface area contributed by atoms with Crippen molar-refractivity contribution in [2.45, 2.75) is 20.3 Å². The maximum atomic E-state index is 5.73. The Bertz CT molecular complexity index is 696. The van der Waals surface area contributed by atoms with Gasteiger partial charge in [0.05, 0.1) is 5.69 Å². The largest absolute Gasteiger partial charge is 0.441 e. The van der Waals surface area contributed by atoms with E-state index in [-0.39, 0.29) is 0 Å². The fraction of sp³-hybridized carbons (Fsp3) is 0.167. The number of aromatic nitrogens is 1. The van der Waals surface area contributed by atoms with Gasteiger partial charge in [0.25, 0.3) is 0 Å². The summed E-state index contributed by atoms with van der Waals surface area (Å²) in [5.41, 5.74) is 4.48. The highest BCUT2D eigenvalue weighted by Crippen LogP contribution is 2.25. The van der Waals surface area contributed by atoms with Gasteiger partial charge in [-0.3, -0.25) is 0 Å². The lowest BCUT2D eigenvalue weighted by molar-refractivity contribution is 0.539. The van der Waals surface area contributed by atoms with E-state index in [4.69, 9.17) is 4.42 Å². The molecule has 0 atom stereocenters. The van der Waals surface area contributed by atoms with E-state index in [1.807, 2.05) is 25.1 Å². The molecule has 0 aliphatic rings. The highest BCUT2D eigenvalue weighted by atomic mass is 16.4. The molecule has 3 rings (SSSR count). The molecule has 2 aromatic carbocycles. The highest BCUT2D eigenvalue weighted by molar-refractivity contribution is 5.67. The first-order valence-corrected chi connectivity index (χ1v) is 6.90. The fourth-order valence-corrected chi connectivity index (χ4v) is 2.32. The van der Waals surface area contributed by atoms with Gasteiger partial charge in [0, 0.05) is 5.56 Å². The van der Waals surface area contributed by atoms with Crippen molar-refractivity contribution >= 4 is 0 Å². The van der Waals surface area contributed by atoms with Crippen molar-refractivity contribution in [3.05, 3.63) is 66.1 Å². The lowest BCUT2D eigenvalue weighted by Gasteiger charge is -2.02. The summed E-state index contributed by atoms with van der Waals surface area (Å²) in [7, 11) is 0. The molecule has 2 heteroatoms. The number of oxazole rings is 1. The van der Waals surface area contributed by atoms with Crippen LogP contribution in [0.25, 0.3) is 22.6 Å². The second-order valence-electron chi connectivity index (χ2n) is 4.82. The van der Waals surface area contributed by atoms with Crippen LogP contribution in [0, 0.1) is 6.92 Å². The van der Waals surface area contributed by atoms with Crippen LogP contribution in [0.2, 0.25) is 0 Å². The Labute approximate surface area is 119 Å². The maximum Gasteiger partial charge on any atom is 0.226 e. The van der Waals surface area contributed by atoms with Crippen LogP contribution in [-0.2, 0) is 6.42 Å². The van der Waals surface area contributed by atoms with Crippen molar-refractivity contribution in [1.82, 2.24) is 4.98 Å². The van der Waals surface area contributed by atoms with E-state index in [0.29, 0.717) is 5.89 Å². The summed E-state index contributed by atoms with van der Waals surface area (Å²) in [6.07, 6.45) is 0.900. The van der Waals surface area contributed by atoms with Crippen LogP contribution in [-0.4, -0.2) is 4.98 Å². The quantitative estimate of drug-likeness (QED) is 0.673. The summed E-state index contributed by atoms with van der Waals surface area (Å²) in [5.74, 6) is 1.62. The third-order valence-corrected chi connectivity index (χ3v) is 3.47. The van der Waals surface area contributed by atoms with Crippen LogP contribution < -0.4 is 0 Å². The second-order valence-corrected chi connectivity index (χ2v) is 4.82. The second kappa shape index (κ2) is 5.33. The molecule has 0 N–H and O–H groups in total. The van der Waals surface area contributed by atoms with Gasteiger partial charge in [0.2, 0.25) is 5.89 Å². The van der Waals surface area contributed by atoms with Gasteiger partial charge >= 0.3 is 0 Å². The van der Waals surface area contributed by atoms with Crippen LogP contribution in [0.1, 0.15) is 18.4 Å². The molecule has 1 heterocycles. The first-order valence-electron chi connectivity index (χ1n) is 6.90.